The first-order chi connectivity index (χ1) is 5.27. The van der Waals surface area contributed by atoms with Gasteiger partial charge in [-0.2, -0.15) is 0 Å². The number of hydrogen-bond acceptors (Lipinski definition) is 2. The molecule has 0 bridgehead atoms. The van der Waals surface area contributed by atoms with Crippen LogP contribution in [0.4, 0.5) is 0 Å². The first kappa shape index (κ1) is 7.07. The molecule has 60 valence electrons. The summed E-state index contributed by atoms with van der Waals surface area (Å²) in [6, 6.07) is 0. The summed E-state index contributed by atoms with van der Waals surface area (Å²) in [6.45, 7) is 2.20. The van der Waals surface area contributed by atoms with Gasteiger partial charge in [-0.3, -0.25) is 0 Å². The van der Waals surface area contributed by atoms with E-state index in [0.717, 1.165) is 13.1 Å². The normalized spacial score (nSPS) is 26.4. The van der Waals surface area contributed by atoms with Gasteiger partial charge in [0.25, 0.3) is 0 Å². The third kappa shape index (κ3) is 1.12. The van der Waals surface area contributed by atoms with Crippen molar-refractivity contribution < 1.29 is 0 Å². The lowest BCUT2D eigenvalue weighted by Crippen LogP contribution is -2.42. The van der Waals surface area contributed by atoms with Crippen molar-refractivity contribution in [1.29, 1.82) is 0 Å². The van der Waals surface area contributed by atoms with Gasteiger partial charge in [0.1, 0.15) is 0 Å². The molecule has 0 aromatic heterocycles. The van der Waals surface area contributed by atoms with Gasteiger partial charge in [0.05, 0.1) is 0 Å². The lowest BCUT2D eigenvalue weighted by atomic mass is 10.1. The van der Waals surface area contributed by atoms with Crippen molar-refractivity contribution in [2.24, 2.45) is 0 Å². The van der Waals surface area contributed by atoms with Crippen molar-refractivity contribution in [1.82, 2.24) is 10.0 Å². The lowest BCUT2D eigenvalue weighted by Gasteiger charge is -2.33. The smallest absolute Gasteiger partial charge is 0.0381 e. The third-order valence-electron chi connectivity index (χ3n) is 2.54. The van der Waals surface area contributed by atoms with Gasteiger partial charge >= 0.3 is 0 Å². The fraction of sp³-hybridized carbons (Fsp3) is 0.556. The van der Waals surface area contributed by atoms with Crippen LogP contribution < -0.4 is 0 Å². The fourth-order valence-corrected chi connectivity index (χ4v) is 1.69. The van der Waals surface area contributed by atoms with Gasteiger partial charge in [-0.1, -0.05) is 12.2 Å². The van der Waals surface area contributed by atoms with Gasteiger partial charge < -0.3 is 0 Å². The van der Waals surface area contributed by atoms with Crippen LogP contribution in [0.5, 0.6) is 0 Å². The van der Waals surface area contributed by atoms with Crippen LogP contribution in [0.1, 0.15) is 6.42 Å². The number of rotatable bonds is 0. The molecule has 0 atom stereocenters. The third-order valence-corrected chi connectivity index (χ3v) is 2.54. The van der Waals surface area contributed by atoms with Crippen LogP contribution in [-0.2, 0) is 0 Å². The summed E-state index contributed by atoms with van der Waals surface area (Å²) in [5, 5.41) is 4.53. The molecule has 0 aromatic rings. The first-order valence-corrected chi connectivity index (χ1v) is 4.07. The molecule has 0 fully saturated rings. The van der Waals surface area contributed by atoms with E-state index in [4.69, 9.17) is 0 Å². The molecule has 2 nitrogen and oxygen atoms in total. The monoisotopic (exact) mass is 150 g/mol. The summed E-state index contributed by atoms with van der Waals surface area (Å²) in [5.41, 5.74) is 3.14. The van der Waals surface area contributed by atoms with Gasteiger partial charge in [0.2, 0.25) is 0 Å². The highest BCUT2D eigenvalue weighted by atomic mass is 15.6. The zero-order valence-corrected chi connectivity index (χ0v) is 7.17. The Morgan fingerprint density at radius 1 is 1.18 bits per heavy atom. The second-order valence-electron chi connectivity index (χ2n) is 3.37. The molecule has 11 heavy (non-hydrogen) atoms. The number of hydrazine groups is 1. The molecule has 0 aromatic carbocycles. The summed E-state index contributed by atoms with van der Waals surface area (Å²) in [7, 11) is 4.28. The number of likely N-dealkylation sites (N-methyl/N-ethyl adjacent to an activating group) is 2. The predicted molar refractivity (Wildman–Crippen MR) is 46.0 cm³/mol. The maximum absolute atomic E-state index is 2.27. The highest BCUT2D eigenvalue weighted by molar-refractivity contribution is 5.36. The van der Waals surface area contributed by atoms with Crippen LogP contribution in [0.2, 0.25) is 0 Å². The average molecular weight is 150 g/mol. The topological polar surface area (TPSA) is 6.48 Å². The highest BCUT2D eigenvalue weighted by Gasteiger charge is 2.20. The zero-order chi connectivity index (χ0) is 7.84. The van der Waals surface area contributed by atoms with Crippen molar-refractivity contribution in [2.75, 3.05) is 27.2 Å². The number of hydrogen-bond donors (Lipinski definition) is 0. The molecule has 0 saturated heterocycles. The summed E-state index contributed by atoms with van der Waals surface area (Å²) < 4.78 is 0. The molecule has 2 rings (SSSR count). The summed E-state index contributed by atoms with van der Waals surface area (Å²) in [5.74, 6) is 0. The highest BCUT2D eigenvalue weighted by Crippen LogP contribution is 2.24. The maximum Gasteiger partial charge on any atom is 0.0381 e. The van der Waals surface area contributed by atoms with E-state index in [1.54, 1.807) is 5.57 Å². The van der Waals surface area contributed by atoms with E-state index >= 15 is 0 Å². The van der Waals surface area contributed by atoms with Crippen LogP contribution in [0.15, 0.2) is 23.3 Å². The van der Waals surface area contributed by atoms with Crippen LogP contribution in [-0.4, -0.2) is 37.2 Å². The minimum absolute atomic E-state index is 1.09. The largest absolute Gasteiger partial charge is 0.241 e. The number of allylic oxidation sites excluding steroid dienone is 1. The van der Waals surface area contributed by atoms with Crippen LogP contribution in [0, 0.1) is 0 Å². The van der Waals surface area contributed by atoms with Gasteiger partial charge in [-0.15, -0.1) is 0 Å². The Labute approximate surface area is 67.8 Å². The Hall–Kier alpha value is -0.600. The molecule has 1 aliphatic carbocycles. The molecular formula is C9H14N2. The minimum atomic E-state index is 1.09. The maximum atomic E-state index is 2.27. The molecule has 0 saturated carbocycles. The second kappa shape index (κ2) is 2.47. The zero-order valence-electron chi connectivity index (χ0n) is 7.17. The van der Waals surface area contributed by atoms with Gasteiger partial charge in [0.15, 0.2) is 0 Å². The van der Waals surface area contributed by atoms with Crippen molar-refractivity contribution in [3.8, 4) is 0 Å². The van der Waals surface area contributed by atoms with Crippen molar-refractivity contribution in [3.63, 3.8) is 0 Å². The Balaban J connectivity index is 2.20. The van der Waals surface area contributed by atoms with Crippen molar-refractivity contribution in [3.05, 3.63) is 23.3 Å². The summed E-state index contributed by atoms with van der Waals surface area (Å²) in [6.07, 6.45) is 5.70. The van der Waals surface area contributed by atoms with E-state index < -0.39 is 0 Å². The molecule has 0 N–H and O–H groups in total. The van der Waals surface area contributed by atoms with Gasteiger partial charge in [0, 0.05) is 27.2 Å². The lowest BCUT2D eigenvalue weighted by molar-refractivity contribution is 0.0376. The Morgan fingerprint density at radius 3 is 2.73 bits per heavy atom. The average Bonchev–Trinajstić information content (AvgIpc) is 2.36. The van der Waals surface area contributed by atoms with E-state index in [2.05, 4.69) is 36.3 Å². The second-order valence-corrected chi connectivity index (χ2v) is 3.37. The molecule has 2 aliphatic rings. The van der Waals surface area contributed by atoms with E-state index in [0.29, 0.717) is 0 Å². The fourth-order valence-electron chi connectivity index (χ4n) is 1.69. The molecular weight excluding hydrogens is 136 g/mol. The SMILES string of the molecule is CN1CC2=C(CC=C2)CN1C. The molecule has 0 amide bonds. The van der Waals surface area contributed by atoms with Gasteiger partial charge in [-0.25, -0.2) is 10.0 Å². The number of nitrogens with zero attached hydrogens (tertiary/aromatic N) is 2. The van der Waals surface area contributed by atoms with Crippen molar-refractivity contribution >= 4 is 0 Å². The summed E-state index contributed by atoms with van der Waals surface area (Å²) in [4.78, 5) is 0. The summed E-state index contributed by atoms with van der Waals surface area (Å²) >= 11 is 0. The Kier molecular flexibility index (Phi) is 1.59. The van der Waals surface area contributed by atoms with E-state index in [9.17, 15) is 0 Å². The molecule has 1 aliphatic heterocycles. The molecule has 1 heterocycles. The molecule has 0 spiro atoms. The Bertz CT molecular complexity index is 228. The van der Waals surface area contributed by atoms with E-state index in [1.165, 1.54) is 12.0 Å². The van der Waals surface area contributed by atoms with Crippen LogP contribution >= 0.6 is 0 Å². The standard InChI is InChI=1S/C9H14N2/c1-10-6-8-4-3-5-9(8)7-11(10)2/h3-4H,5-7H2,1-2H3. The Morgan fingerprint density at radius 2 is 1.91 bits per heavy atom. The van der Waals surface area contributed by atoms with Crippen LogP contribution in [0.3, 0.4) is 0 Å². The van der Waals surface area contributed by atoms with Gasteiger partial charge in [-0.05, 0) is 17.6 Å². The molecule has 0 radical (unpaired) electrons. The minimum Gasteiger partial charge on any atom is -0.241 e. The first-order valence-electron chi connectivity index (χ1n) is 4.07. The molecule has 0 unspecified atom stereocenters. The molecule has 2 heteroatoms. The quantitative estimate of drug-likeness (QED) is 0.509. The predicted octanol–water partition coefficient (Wildman–Crippen LogP) is 1.04. The van der Waals surface area contributed by atoms with Crippen molar-refractivity contribution in [2.45, 2.75) is 6.42 Å². The van der Waals surface area contributed by atoms with E-state index in [1.807, 2.05) is 0 Å². The van der Waals surface area contributed by atoms with E-state index in [-0.39, 0.29) is 0 Å². The van der Waals surface area contributed by atoms with Crippen LogP contribution in [0.25, 0.3) is 0 Å².